The van der Waals surface area contributed by atoms with E-state index in [9.17, 15) is 18.0 Å². The molecule has 0 saturated heterocycles. The summed E-state index contributed by atoms with van der Waals surface area (Å²) in [6, 6.07) is 13.0. The molecular weight excluding hydrogens is 404 g/mol. The molecule has 2 aromatic rings. The molecule has 0 bridgehead atoms. The summed E-state index contributed by atoms with van der Waals surface area (Å²) in [7, 11) is -3.84. The third-order valence-corrected chi connectivity index (χ3v) is 6.26. The van der Waals surface area contributed by atoms with Crippen LogP contribution in [0, 0.1) is 12.3 Å². The lowest BCUT2D eigenvalue weighted by Gasteiger charge is -2.35. The molecule has 0 fully saturated rings. The summed E-state index contributed by atoms with van der Waals surface area (Å²) in [5.41, 5.74) is 1.93. The minimum atomic E-state index is -3.84. The van der Waals surface area contributed by atoms with Crippen molar-refractivity contribution in [2.24, 2.45) is 0 Å². The average Bonchev–Trinajstić information content (AvgIpc) is 2.76. The lowest BCUT2D eigenvalue weighted by atomic mass is 9.96. The van der Waals surface area contributed by atoms with Gasteiger partial charge in [-0.2, -0.15) is 4.72 Å². The summed E-state index contributed by atoms with van der Waals surface area (Å²) in [6.45, 7) is 1.35. The first-order chi connectivity index (χ1) is 14.3. The van der Waals surface area contributed by atoms with Gasteiger partial charge in [-0.1, -0.05) is 30.2 Å². The Kier molecular flexibility index (Phi) is 6.55. The highest BCUT2D eigenvalue weighted by molar-refractivity contribution is 7.89. The van der Waals surface area contributed by atoms with E-state index in [1.54, 1.807) is 4.90 Å². The molecule has 1 amide bonds. The number of amides is 1. The minimum absolute atomic E-state index is 0.0122. The van der Waals surface area contributed by atoms with Crippen molar-refractivity contribution in [1.82, 2.24) is 4.72 Å². The number of esters is 1. The fourth-order valence-corrected chi connectivity index (χ4v) is 4.34. The van der Waals surface area contributed by atoms with Gasteiger partial charge in [0.05, 0.1) is 17.0 Å². The number of benzene rings is 2. The van der Waals surface area contributed by atoms with Crippen LogP contribution in [0.3, 0.4) is 0 Å². The maximum Gasteiger partial charge on any atom is 0.338 e. The molecule has 0 spiro atoms. The van der Waals surface area contributed by atoms with E-state index in [0.717, 1.165) is 24.1 Å². The van der Waals surface area contributed by atoms with Gasteiger partial charge in [0.15, 0.2) is 6.61 Å². The Labute approximate surface area is 176 Å². The number of rotatable bonds is 6. The molecule has 0 radical (unpaired) electrons. The SMILES string of the molecule is C#CCNS(=O)(=O)c1cccc(C(=O)OCC(=O)N2c3ccccc3CCC2C)c1. The normalized spacial score (nSPS) is 15.7. The smallest absolute Gasteiger partial charge is 0.338 e. The zero-order chi connectivity index (χ0) is 21.7. The molecule has 1 atom stereocenters. The van der Waals surface area contributed by atoms with Gasteiger partial charge in [0, 0.05) is 11.7 Å². The quantitative estimate of drug-likeness (QED) is 0.564. The number of nitrogens with zero attached hydrogens (tertiary/aromatic N) is 1. The molecule has 7 nitrogen and oxygen atoms in total. The first kappa shape index (κ1) is 21.6. The van der Waals surface area contributed by atoms with Gasteiger partial charge in [-0.05, 0) is 49.6 Å². The van der Waals surface area contributed by atoms with Crippen molar-refractivity contribution in [2.75, 3.05) is 18.1 Å². The number of ether oxygens (including phenoxy) is 1. The van der Waals surface area contributed by atoms with Crippen molar-refractivity contribution in [1.29, 1.82) is 0 Å². The van der Waals surface area contributed by atoms with Gasteiger partial charge in [0.25, 0.3) is 5.91 Å². The topological polar surface area (TPSA) is 92.8 Å². The van der Waals surface area contributed by atoms with Crippen LogP contribution in [0.25, 0.3) is 0 Å². The van der Waals surface area contributed by atoms with Crippen LogP contribution in [-0.4, -0.2) is 39.5 Å². The van der Waals surface area contributed by atoms with Crippen molar-refractivity contribution in [3.05, 3.63) is 59.7 Å². The van der Waals surface area contributed by atoms with E-state index in [0.29, 0.717) is 0 Å². The predicted octanol–water partition coefficient (Wildman–Crippen LogP) is 2.12. The number of anilines is 1. The summed E-state index contributed by atoms with van der Waals surface area (Å²) < 4.78 is 31.7. The van der Waals surface area contributed by atoms with E-state index >= 15 is 0 Å². The van der Waals surface area contributed by atoms with Crippen LogP contribution in [0.2, 0.25) is 0 Å². The number of aryl methyl sites for hydroxylation is 1. The van der Waals surface area contributed by atoms with Crippen molar-refractivity contribution >= 4 is 27.6 Å². The lowest BCUT2D eigenvalue weighted by Crippen LogP contribution is -2.44. The Bertz CT molecular complexity index is 1100. The Morgan fingerprint density at radius 2 is 2.00 bits per heavy atom. The second kappa shape index (κ2) is 9.11. The molecule has 8 heteroatoms. The minimum Gasteiger partial charge on any atom is -0.452 e. The molecule has 156 valence electrons. The fourth-order valence-electron chi connectivity index (χ4n) is 3.36. The van der Waals surface area contributed by atoms with E-state index in [-0.39, 0.29) is 29.0 Å². The molecule has 0 saturated carbocycles. The molecule has 1 unspecified atom stereocenters. The highest BCUT2D eigenvalue weighted by Crippen LogP contribution is 2.30. The monoisotopic (exact) mass is 426 g/mol. The van der Waals surface area contributed by atoms with Crippen LogP contribution < -0.4 is 9.62 Å². The molecule has 1 heterocycles. The first-order valence-electron chi connectivity index (χ1n) is 9.44. The largest absolute Gasteiger partial charge is 0.452 e. The van der Waals surface area contributed by atoms with Crippen LogP contribution in [0.15, 0.2) is 53.4 Å². The van der Waals surface area contributed by atoms with Gasteiger partial charge in [0.2, 0.25) is 10.0 Å². The van der Waals surface area contributed by atoms with Crippen LogP contribution in [0.4, 0.5) is 5.69 Å². The van der Waals surface area contributed by atoms with Gasteiger partial charge in [-0.3, -0.25) is 4.79 Å². The van der Waals surface area contributed by atoms with Crippen LogP contribution >= 0.6 is 0 Å². The summed E-state index contributed by atoms with van der Waals surface area (Å²) in [5, 5.41) is 0. The predicted molar refractivity (Wildman–Crippen MR) is 112 cm³/mol. The average molecular weight is 426 g/mol. The molecule has 1 aliphatic rings. The summed E-state index contributed by atoms with van der Waals surface area (Å²) in [4.78, 5) is 26.7. The Morgan fingerprint density at radius 3 is 2.77 bits per heavy atom. The molecule has 1 N–H and O–H groups in total. The van der Waals surface area contributed by atoms with Gasteiger partial charge < -0.3 is 9.64 Å². The van der Waals surface area contributed by atoms with Crippen molar-refractivity contribution in [3.63, 3.8) is 0 Å². The second-order valence-electron chi connectivity index (χ2n) is 6.91. The van der Waals surface area contributed by atoms with Crippen molar-refractivity contribution in [2.45, 2.75) is 30.7 Å². The Hall–Kier alpha value is -3.15. The number of sulfonamides is 1. The Morgan fingerprint density at radius 1 is 1.23 bits per heavy atom. The van der Waals surface area contributed by atoms with E-state index < -0.39 is 22.6 Å². The van der Waals surface area contributed by atoms with Gasteiger partial charge >= 0.3 is 5.97 Å². The number of carbonyl (C=O) groups excluding carboxylic acids is 2. The second-order valence-corrected chi connectivity index (χ2v) is 8.68. The van der Waals surface area contributed by atoms with Gasteiger partial charge in [-0.15, -0.1) is 6.42 Å². The van der Waals surface area contributed by atoms with Gasteiger partial charge in [0.1, 0.15) is 0 Å². The molecular formula is C22H22N2O5S. The Balaban J connectivity index is 1.70. The van der Waals surface area contributed by atoms with Crippen molar-refractivity contribution < 1.29 is 22.7 Å². The number of hydrogen-bond donors (Lipinski definition) is 1. The first-order valence-corrected chi connectivity index (χ1v) is 10.9. The highest BCUT2D eigenvalue weighted by atomic mass is 32.2. The summed E-state index contributed by atoms with van der Waals surface area (Å²) in [6.07, 6.45) is 6.78. The fraction of sp³-hybridized carbons (Fsp3) is 0.273. The van der Waals surface area contributed by atoms with E-state index in [1.165, 1.54) is 24.3 Å². The third-order valence-electron chi connectivity index (χ3n) is 4.86. The number of nitrogens with one attached hydrogen (secondary N) is 1. The molecule has 0 aliphatic carbocycles. The molecule has 30 heavy (non-hydrogen) atoms. The summed E-state index contributed by atoms with van der Waals surface area (Å²) in [5.74, 6) is 1.07. The number of carbonyl (C=O) groups is 2. The molecule has 0 aromatic heterocycles. The van der Waals surface area contributed by atoms with E-state index in [4.69, 9.17) is 11.2 Å². The summed E-state index contributed by atoms with van der Waals surface area (Å²) >= 11 is 0. The zero-order valence-corrected chi connectivity index (χ0v) is 17.3. The van der Waals surface area contributed by atoms with E-state index in [2.05, 4.69) is 10.6 Å². The molecule has 3 rings (SSSR count). The van der Waals surface area contributed by atoms with Crippen LogP contribution in [0.5, 0.6) is 0 Å². The molecule has 2 aromatic carbocycles. The third kappa shape index (κ3) is 4.70. The maximum atomic E-state index is 12.8. The standard InChI is InChI=1S/C22H22N2O5S/c1-3-13-23-30(27,28)19-9-6-8-18(14-19)22(26)29-15-21(25)24-16(2)11-12-17-7-4-5-10-20(17)24/h1,4-10,14,16,23H,11-13,15H2,2H3. The van der Waals surface area contributed by atoms with Crippen LogP contribution in [0.1, 0.15) is 29.3 Å². The lowest BCUT2D eigenvalue weighted by molar-refractivity contribution is -0.122. The molecule has 1 aliphatic heterocycles. The number of hydrogen-bond acceptors (Lipinski definition) is 5. The number of fused-ring (bicyclic) bond motifs is 1. The maximum absolute atomic E-state index is 12.8. The van der Waals surface area contributed by atoms with E-state index in [1.807, 2.05) is 31.2 Å². The number of para-hydroxylation sites is 1. The van der Waals surface area contributed by atoms with Gasteiger partial charge in [-0.25, -0.2) is 13.2 Å². The zero-order valence-electron chi connectivity index (χ0n) is 16.5. The number of terminal acetylenes is 1. The van der Waals surface area contributed by atoms with Crippen LogP contribution in [-0.2, 0) is 26.0 Å². The van der Waals surface area contributed by atoms with Crippen molar-refractivity contribution in [3.8, 4) is 12.3 Å². The highest BCUT2D eigenvalue weighted by Gasteiger charge is 2.28.